The highest BCUT2D eigenvalue weighted by Gasteiger charge is 2.03. The van der Waals surface area contributed by atoms with Crippen LogP contribution in [0.3, 0.4) is 0 Å². The highest BCUT2D eigenvalue weighted by Crippen LogP contribution is 2.12. The Kier molecular flexibility index (Phi) is 7.69. The van der Waals surface area contributed by atoms with Gasteiger partial charge in [-0.05, 0) is 18.8 Å². The van der Waals surface area contributed by atoms with Gasteiger partial charge in [0.2, 0.25) is 0 Å². The zero-order valence-electron chi connectivity index (χ0n) is 8.58. The highest BCUT2D eigenvalue weighted by molar-refractivity contribution is 5.68. The predicted octanol–water partition coefficient (Wildman–Crippen LogP) is 1.74. The minimum Gasteiger partial charge on any atom is -0.469 e. The Morgan fingerprint density at radius 2 is 2.08 bits per heavy atom. The van der Waals surface area contributed by atoms with Gasteiger partial charge in [0.15, 0.2) is 0 Å². The van der Waals surface area contributed by atoms with E-state index < -0.39 is 0 Å². The molecule has 78 valence electrons. The van der Waals surface area contributed by atoms with Gasteiger partial charge in [-0.15, -0.1) is 0 Å². The fourth-order valence-electron chi connectivity index (χ4n) is 1.23. The van der Waals surface area contributed by atoms with Crippen molar-refractivity contribution in [2.24, 2.45) is 5.92 Å². The summed E-state index contributed by atoms with van der Waals surface area (Å²) >= 11 is 0. The Hall–Kier alpha value is -0.570. The maximum atomic E-state index is 10.7. The molecule has 0 spiro atoms. The average Bonchev–Trinajstić information content (AvgIpc) is 2.12. The standard InChI is InChI=1S/C10H20O3/c1-9(7-8-11)5-3-4-6-10(12)13-2/h9,11H,3-8H2,1-2H3. The van der Waals surface area contributed by atoms with E-state index in [1.165, 1.54) is 7.11 Å². The van der Waals surface area contributed by atoms with Crippen LogP contribution in [-0.4, -0.2) is 24.8 Å². The van der Waals surface area contributed by atoms with Gasteiger partial charge in [0.25, 0.3) is 0 Å². The summed E-state index contributed by atoms with van der Waals surface area (Å²) in [6.45, 7) is 2.38. The molecule has 0 heterocycles. The van der Waals surface area contributed by atoms with E-state index in [9.17, 15) is 4.79 Å². The number of hydrogen-bond acceptors (Lipinski definition) is 3. The number of methoxy groups -OCH3 is 1. The van der Waals surface area contributed by atoms with Crippen molar-refractivity contribution < 1.29 is 14.6 Å². The maximum absolute atomic E-state index is 10.7. The SMILES string of the molecule is COC(=O)CCCCC(C)CCO. The number of rotatable bonds is 7. The molecule has 0 saturated carbocycles. The summed E-state index contributed by atoms with van der Waals surface area (Å²) in [6, 6.07) is 0. The minimum atomic E-state index is -0.130. The molecule has 0 amide bonds. The molecule has 0 aromatic rings. The lowest BCUT2D eigenvalue weighted by molar-refractivity contribution is -0.140. The van der Waals surface area contributed by atoms with E-state index in [4.69, 9.17) is 5.11 Å². The van der Waals surface area contributed by atoms with E-state index in [1.807, 2.05) is 0 Å². The van der Waals surface area contributed by atoms with Crippen molar-refractivity contribution in [1.29, 1.82) is 0 Å². The summed E-state index contributed by atoms with van der Waals surface area (Å²) in [5.74, 6) is 0.428. The molecule has 3 heteroatoms. The Morgan fingerprint density at radius 1 is 1.38 bits per heavy atom. The second-order valence-corrected chi connectivity index (χ2v) is 3.44. The number of carbonyl (C=O) groups is 1. The lowest BCUT2D eigenvalue weighted by atomic mass is 10.0. The first kappa shape index (κ1) is 12.4. The zero-order chi connectivity index (χ0) is 10.1. The molecule has 1 atom stereocenters. The third kappa shape index (κ3) is 7.78. The molecule has 0 bridgehead atoms. The van der Waals surface area contributed by atoms with Crippen LogP contribution >= 0.6 is 0 Å². The van der Waals surface area contributed by atoms with E-state index in [1.54, 1.807) is 0 Å². The van der Waals surface area contributed by atoms with E-state index in [0.29, 0.717) is 12.3 Å². The number of unbranched alkanes of at least 4 members (excludes halogenated alkanes) is 1. The van der Waals surface area contributed by atoms with E-state index in [2.05, 4.69) is 11.7 Å². The first-order chi connectivity index (χ1) is 6.20. The molecule has 1 unspecified atom stereocenters. The molecular weight excluding hydrogens is 168 g/mol. The quantitative estimate of drug-likeness (QED) is 0.489. The molecular formula is C10H20O3. The molecule has 13 heavy (non-hydrogen) atoms. The molecule has 1 N–H and O–H groups in total. The first-order valence-electron chi connectivity index (χ1n) is 4.88. The number of aliphatic hydroxyl groups excluding tert-OH is 1. The van der Waals surface area contributed by atoms with Crippen LogP contribution in [0.2, 0.25) is 0 Å². The second-order valence-electron chi connectivity index (χ2n) is 3.44. The topological polar surface area (TPSA) is 46.5 Å². The lowest BCUT2D eigenvalue weighted by Crippen LogP contribution is -2.01. The number of aliphatic hydroxyl groups is 1. The molecule has 0 aromatic carbocycles. The minimum absolute atomic E-state index is 0.130. The molecule has 0 radical (unpaired) electrons. The highest BCUT2D eigenvalue weighted by atomic mass is 16.5. The zero-order valence-corrected chi connectivity index (χ0v) is 8.58. The smallest absolute Gasteiger partial charge is 0.305 e. The summed E-state index contributed by atoms with van der Waals surface area (Å²) in [4.78, 5) is 10.7. The average molecular weight is 188 g/mol. The molecule has 0 saturated heterocycles. The van der Waals surface area contributed by atoms with Gasteiger partial charge in [0.05, 0.1) is 7.11 Å². The molecule has 0 aliphatic carbocycles. The van der Waals surface area contributed by atoms with Gasteiger partial charge < -0.3 is 9.84 Å². The normalized spacial score (nSPS) is 12.5. The predicted molar refractivity (Wildman–Crippen MR) is 51.4 cm³/mol. The van der Waals surface area contributed by atoms with Crippen LogP contribution in [0.1, 0.15) is 39.0 Å². The van der Waals surface area contributed by atoms with E-state index in [-0.39, 0.29) is 12.6 Å². The molecule has 0 rings (SSSR count). The summed E-state index contributed by atoms with van der Waals surface area (Å²) in [5, 5.41) is 8.65. The Bertz CT molecular complexity index is 134. The van der Waals surface area contributed by atoms with Crippen molar-refractivity contribution in [2.75, 3.05) is 13.7 Å². The summed E-state index contributed by atoms with van der Waals surface area (Å²) in [5.41, 5.74) is 0. The van der Waals surface area contributed by atoms with Crippen molar-refractivity contribution >= 4 is 5.97 Å². The lowest BCUT2D eigenvalue weighted by Gasteiger charge is -2.08. The first-order valence-corrected chi connectivity index (χ1v) is 4.88. The fourth-order valence-corrected chi connectivity index (χ4v) is 1.23. The van der Waals surface area contributed by atoms with Crippen molar-refractivity contribution in [3.05, 3.63) is 0 Å². The molecule has 0 aromatic heterocycles. The third-order valence-electron chi connectivity index (χ3n) is 2.18. The van der Waals surface area contributed by atoms with Gasteiger partial charge in [0.1, 0.15) is 0 Å². The van der Waals surface area contributed by atoms with Crippen molar-refractivity contribution in [3.8, 4) is 0 Å². The Morgan fingerprint density at radius 3 is 2.62 bits per heavy atom. The fraction of sp³-hybridized carbons (Fsp3) is 0.900. The number of esters is 1. The summed E-state index contributed by atoms with van der Waals surface area (Å²) < 4.78 is 4.53. The van der Waals surface area contributed by atoms with Crippen LogP contribution in [0.4, 0.5) is 0 Å². The van der Waals surface area contributed by atoms with Crippen LogP contribution in [-0.2, 0) is 9.53 Å². The molecule has 0 aliphatic heterocycles. The van der Waals surface area contributed by atoms with E-state index >= 15 is 0 Å². The van der Waals surface area contributed by atoms with Crippen LogP contribution in [0.25, 0.3) is 0 Å². The maximum Gasteiger partial charge on any atom is 0.305 e. The number of hydrogen-bond donors (Lipinski definition) is 1. The van der Waals surface area contributed by atoms with Gasteiger partial charge in [-0.3, -0.25) is 4.79 Å². The number of ether oxygens (including phenoxy) is 1. The largest absolute Gasteiger partial charge is 0.469 e. The van der Waals surface area contributed by atoms with Crippen LogP contribution in [0.15, 0.2) is 0 Å². The Labute approximate surface area is 80.1 Å². The van der Waals surface area contributed by atoms with E-state index in [0.717, 1.165) is 25.7 Å². The Balaban J connectivity index is 3.20. The van der Waals surface area contributed by atoms with Gasteiger partial charge in [0, 0.05) is 13.0 Å². The van der Waals surface area contributed by atoms with Gasteiger partial charge in [-0.2, -0.15) is 0 Å². The van der Waals surface area contributed by atoms with Crippen molar-refractivity contribution in [2.45, 2.75) is 39.0 Å². The molecule has 3 nitrogen and oxygen atoms in total. The third-order valence-corrected chi connectivity index (χ3v) is 2.18. The van der Waals surface area contributed by atoms with Gasteiger partial charge in [-0.1, -0.05) is 19.8 Å². The summed E-state index contributed by atoms with van der Waals surface area (Å²) in [7, 11) is 1.41. The molecule has 0 fully saturated rings. The van der Waals surface area contributed by atoms with Gasteiger partial charge in [-0.25, -0.2) is 0 Å². The summed E-state index contributed by atoms with van der Waals surface area (Å²) in [6.07, 6.45) is 4.39. The van der Waals surface area contributed by atoms with Crippen molar-refractivity contribution in [1.82, 2.24) is 0 Å². The van der Waals surface area contributed by atoms with Crippen LogP contribution in [0.5, 0.6) is 0 Å². The molecule has 0 aliphatic rings. The van der Waals surface area contributed by atoms with Crippen LogP contribution in [0, 0.1) is 5.92 Å². The number of carbonyl (C=O) groups excluding carboxylic acids is 1. The van der Waals surface area contributed by atoms with Crippen LogP contribution < -0.4 is 0 Å². The second kappa shape index (κ2) is 8.05. The van der Waals surface area contributed by atoms with Crippen molar-refractivity contribution in [3.63, 3.8) is 0 Å². The van der Waals surface area contributed by atoms with Gasteiger partial charge >= 0.3 is 5.97 Å². The monoisotopic (exact) mass is 188 g/mol.